The van der Waals surface area contributed by atoms with E-state index in [1.165, 1.54) is 0 Å². The largest absolute Gasteiger partial charge is 0.454 e. The van der Waals surface area contributed by atoms with Crippen molar-refractivity contribution >= 4 is 17.3 Å². The van der Waals surface area contributed by atoms with Gasteiger partial charge in [0.05, 0.1) is 24.4 Å². The zero-order chi connectivity index (χ0) is 14.5. The maximum Gasteiger partial charge on any atom is 0.261 e. The maximum atomic E-state index is 11.8. The van der Waals surface area contributed by atoms with Crippen molar-refractivity contribution in [3.05, 3.63) is 12.1 Å². The lowest BCUT2D eigenvalue weighted by Crippen LogP contribution is -2.16. The fraction of sp³-hybridized carbons (Fsp3) is 0.417. The van der Waals surface area contributed by atoms with E-state index in [0.717, 1.165) is 0 Å². The van der Waals surface area contributed by atoms with Gasteiger partial charge in [-0.1, -0.05) is 0 Å². The van der Waals surface area contributed by atoms with Gasteiger partial charge in [-0.25, -0.2) is 8.78 Å². The molecule has 0 unspecified atom stereocenters. The van der Waals surface area contributed by atoms with Gasteiger partial charge in [0.15, 0.2) is 11.5 Å². The molecule has 0 aromatic heterocycles. The Labute approximate surface area is 113 Å². The van der Waals surface area contributed by atoms with Crippen molar-refractivity contribution < 1.29 is 27.8 Å². The first-order valence-corrected chi connectivity index (χ1v) is 5.91. The summed E-state index contributed by atoms with van der Waals surface area (Å²) in [6, 6.07) is 3.10. The Morgan fingerprint density at radius 3 is 2.80 bits per heavy atom. The molecule has 3 N–H and O–H groups in total. The van der Waals surface area contributed by atoms with Crippen LogP contribution in [0.5, 0.6) is 11.5 Å². The molecule has 0 bridgehead atoms. The summed E-state index contributed by atoms with van der Waals surface area (Å²) in [5.41, 5.74) is 6.47. The number of nitrogens with one attached hydrogen (secondary N) is 1. The average molecular weight is 288 g/mol. The highest BCUT2D eigenvalue weighted by atomic mass is 19.3. The number of nitrogens with two attached hydrogens (primary N) is 1. The summed E-state index contributed by atoms with van der Waals surface area (Å²) in [6.07, 6.45) is -2.58. The second kappa shape index (κ2) is 6.38. The van der Waals surface area contributed by atoms with E-state index < -0.39 is 13.0 Å². The number of anilines is 2. The lowest BCUT2D eigenvalue weighted by atomic mass is 10.2. The number of hydrogen-bond acceptors (Lipinski definition) is 5. The third kappa shape index (κ3) is 3.70. The number of fused-ring (bicyclic) bond motifs is 1. The lowest BCUT2D eigenvalue weighted by Gasteiger charge is -2.09. The molecule has 0 spiro atoms. The van der Waals surface area contributed by atoms with E-state index in [4.69, 9.17) is 15.2 Å². The third-order valence-corrected chi connectivity index (χ3v) is 2.54. The molecule has 8 heteroatoms. The zero-order valence-electron chi connectivity index (χ0n) is 10.5. The summed E-state index contributed by atoms with van der Waals surface area (Å²) in [6.45, 7) is -0.659. The molecule has 0 radical (unpaired) electrons. The Balaban J connectivity index is 1.85. The van der Waals surface area contributed by atoms with Gasteiger partial charge in [-0.3, -0.25) is 4.79 Å². The minimum Gasteiger partial charge on any atom is -0.454 e. The smallest absolute Gasteiger partial charge is 0.261 e. The summed E-state index contributed by atoms with van der Waals surface area (Å²) in [4.78, 5) is 11.6. The Hall–Kier alpha value is -2.09. The second-order valence-electron chi connectivity index (χ2n) is 4.06. The number of alkyl halides is 2. The Kier molecular flexibility index (Phi) is 4.57. The normalized spacial score (nSPS) is 12.8. The van der Waals surface area contributed by atoms with Crippen LogP contribution in [0.3, 0.4) is 0 Å². The van der Waals surface area contributed by atoms with Crippen molar-refractivity contribution in [3.8, 4) is 11.5 Å². The van der Waals surface area contributed by atoms with Gasteiger partial charge in [-0.15, -0.1) is 0 Å². The van der Waals surface area contributed by atoms with Crippen LogP contribution in [-0.4, -0.2) is 32.3 Å². The van der Waals surface area contributed by atoms with E-state index in [1.807, 2.05) is 0 Å². The molecule has 110 valence electrons. The highest BCUT2D eigenvalue weighted by Gasteiger charge is 2.17. The highest BCUT2D eigenvalue weighted by Crippen LogP contribution is 2.38. The van der Waals surface area contributed by atoms with Crippen molar-refractivity contribution in [1.29, 1.82) is 0 Å². The van der Waals surface area contributed by atoms with Crippen LogP contribution in [0.15, 0.2) is 12.1 Å². The number of halogens is 2. The molecule has 1 aliphatic rings. The third-order valence-electron chi connectivity index (χ3n) is 2.54. The Bertz CT molecular complexity index is 497. The van der Waals surface area contributed by atoms with Gasteiger partial charge in [0.25, 0.3) is 6.43 Å². The monoisotopic (exact) mass is 288 g/mol. The predicted octanol–water partition coefficient (Wildman–Crippen LogP) is 1.61. The van der Waals surface area contributed by atoms with Crippen LogP contribution < -0.4 is 20.5 Å². The first kappa shape index (κ1) is 14.3. The van der Waals surface area contributed by atoms with Crippen molar-refractivity contribution in [3.63, 3.8) is 0 Å². The number of carbonyl (C=O) groups excluding carboxylic acids is 1. The quantitative estimate of drug-likeness (QED) is 0.614. The molecule has 1 aromatic rings. The van der Waals surface area contributed by atoms with Crippen LogP contribution in [0.1, 0.15) is 6.42 Å². The highest BCUT2D eigenvalue weighted by molar-refractivity contribution is 5.94. The Morgan fingerprint density at radius 1 is 1.40 bits per heavy atom. The number of ether oxygens (including phenoxy) is 3. The molecule has 1 aromatic carbocycles. The van der Waals surface area contributed by atoms with E-state index in [0.29, 0.717) is 22.9 Å². The van der Waals surface area contributed by atoms with Crippen LogP contribution in [0.2, 0.25) is 0 Å². The second-order valence-corrected chi connectivity index (χ2v) is 4.06. The van der Waals surface area contributed by atoms with Gasteiger partial charge in [-0.2, -0.15) is 0 Å². The van der Waals surface area contributed by atoms with E-state index in [1.54, 1.807) is 12.1 Å². The first-order valence-electron chi connectivity index (χ1n) is 5.91. The van der Waals surface area contributed by atoms with Gasteiger partial charge in [0, 0.05) is 12.1 Å². The van der Waals surface area contributed by atoms with E-state index in [2.05, 4.69) is 10.1 Å². The minimum absolute atomic E-state index is 0.0411. The molecule has 0 fully saturated rings. The van der Waals surface area contributed by atoms with Gasteiger partial charge in [-0.05, 0) is 0 Å². The fourth-order valence-electron chi connectivity index (χ4n) is 1.62. The molecule has 0 atom stereocenters. The van der Waals surface area contributed by atoms with Gasteiger partial charge in [0.1, 0.15) is 6.61 Å². The summed E-state index contributed by atoms with van der Waals surface area (Å²) >= 11 is 0. The van der Waals surface area contributed by atoms with Gasteiger partial charge >= 0.3 is 0 Å². The lowest BCUT2D eigenvalue weighted by molar-refractivity contribution is -0.117. The molecule has 1 aliphatic heterocycles. The molecule has 0 aliphatic carbocycles. The summed E-state index contributed by atoms with van der Waals surface area (Å²) < 4.78 is 38.6. The first-order chi connectivity index (χ1) is 9.56. The van der Waals surface area contributed by atoms with Gasteiger partial charge in [0.2, 0.25) is 12.7 Å². The molecule has 6 nitrogen and oxygen atoms in total. The van der Waals surface area contributed by atoms with Crippen LogP contribution in [0.4, 0.5) is 20.2 Å². The number of amides is 1. The number of carbonyl (C=O) groups is 1. The molecule has 20 heavy (non-hydrogen) atoms. The summed E-state index contributed by atoms with van der Waals surface area (Å²) in [7, 11) is 0. The zero-order valence-corrected chi connectivity index (χ0v) is 10.5. The van der Waals surface area contributed by atoms with Crippen molar-refractivity contribution in [2.45, 2.75) is 12.8 Å². The number of benzene rings is 1. The summed E-state index contributed by atoms with van der Waals surface area (Å²) in [5.74, 6) is 0.619. The topological polar surface area (TPSA) is 82.8 Å². The molecular weight excluding hydrogens is 274 g/mol. The minimum atomic E-state index is -2.54. The molecular formula is C12H14F2N2O4. The predicted molar refractivity (Wildman–Crippen MR) is 67.0 cm³/mol. The van der Waals surface area contributed by atoms with Crippen molar-refractivity contribution in [2.24, 2.45) is 0 Å². The van der Waals surface area contributed by atoms with E-state index in [-0.39, 0.29) is 25.7 Å². The van der Waals surface area contributed by atoms with Crippen LogP contribution in [0, 0.1) is 0 Å². The van der Waals surface area contributed by atoms with E-state index in [9.17, 15) is 13.6 Å². The van der Waals surface area contributed by atoms with Crippen LogP contribution in [-0.2, 0) is 9.53 Å². The molecule has 1 amide bonds. The fourth-order valence-corrected chi connectivity index (χ4v) is 1.62. The Morgan fingerprint density at radius 2 is 2.10 bits per heavy atom. The van der Waals surface area contributed by atoms with Gasteiger partial charge < -0.3 is 25.3 Å². The average Bonchev–Trinajstić information content (AvgIpc) is 2.82. The molecule has 2 rings (SSSR count). The molecule has 0 saturated carbocycles. The van der Waals surface area contributed by atoms with E-state index >= 15 is 0 Å². The number of rotatable bonds is 6. The van der Waals surface area contributed by atoms with Crippen LogP contribution >= 0.6 is 0 Å². The van der Waals surface area contributed by atoms with Crippen molar-refractivity contribution in [1.82, 2.24) is 0 Å². The standard InChI is InChI=1S/C12H14F2N2O4/c13-11(14)5-18-2-1-12(17)16-8-4-10-9(3-7(8)15)19-6-20-10/h3-4,11H,1-2,5-6,15H2,(H,16,17). The SMILES string of the molecule is Nc1cc2c(cc1NC(=O)CCOCC(F)F)OCO2. The molecule has 0 saturated heterocycles. The maximum absolute atomic E-state index is 11.8. The number of hydrogen-bond donors (Lipinski definition) is 2. The van der Waals surface area contributed by atoms with Crippen molar-refractivity contribution in [2.75, 3.05) is 31.1 Å². The number of nitrogen functional groups attached to an aromatic ring is 1. The van der Waals surface area contributed by atoms with Crippen LogP contribution in [0.25, 0.3) is 0 Å². The summed E-state index contributed by atoms with van der Waals surface area (Å²) in [5, 5.41) is 2.56. The molecule has 1 heterocycles.